The number of hydrogen-bond donors (Lipinski definition) is 0. The molecule has 0 atom stereocenters. The summed E-state index contributed by atoms with van der Waals surface area (Å²) >= 11 is 0. The number of para-hydroxylation sites is 2. The van der Waals surface area contributed by atoms with E-state index < -0.39 is 0 Å². The monoisotopic (exact) mass is 778 g/mol. The van der Waals surface area contributed by atoms with Crippen molar-refractivity contribution in [2.24, 2.45) is 0 Å². The summed E-state index contributed by atoms with van der Waals surface area (Å²) in [6.07, 6.45) is 0. The summed E-state index contributed by atoms with van der Waals surface area (Å²) in [5.74, 6) is 1.84. The van der Waals surface area contributed by atoms with Crippen LogP contribution in [0.5, 0.6) is 0 Å². The van der Waals surface area contributed by atoms with Gasteiger partial charge in [-0.1, -0.05) is 188 Å². The molecule has 286 valence electrons. The zero-order chi connectivity index (χ0) is 40.5. The van der Waals surface area contributed by atoms with Crippen molar-refractivity contribution in [3.8, 4) is 84.4 Å². The van der Waals surface area contributed by atoms with E-state index in [9.17, 15) is 0 Å². The summed E-state index contributed by atoms with van der Waals surface area (Å²) < 4.78 is 2.33. The molecule has 61 heavy (non-hydrogen) atoms. The summed E-state index contributed by atoms with van der Waals surface area (Å²) in [6.45, 7) is 0. The molecule has 0 fully saturated rings. The molecule has 0 aliphatic heterocycles. The third kappa shape index (κ3) is 6.96. The van der Waals surface area contributed by atoms with E-state index in [0.29, 0.717) is 17.5 Å². The van der Waals surface area contributed by atoms with E-state index >= 15 is 0 Å². The molecule has 2 aromatic heterocycles. The Hall–Kier alpha value is -8.21. The van der Waals surface area contributed by atoms with Gasteiger partial charge in [0.2, 0.25) is 0 Å². The van der Waals surface area contributed by atoms with Crippen molar-refractivity contribution >= 4 is 21.8 Å². The average molecular weight is 779 g/mol. The predicted molar refractivity (Wildman–Crippen MR) is 252 cm³/mol. The Morgan fingerprint density at radius 3 is 1.07 bits per heavy atom. The molecule has 0 bridgehead atoms. The Bertz CT molecular complexity index is 3300. The summed E-state index contributed by atoms with van der Waals surface area (Å²) in [4.78, 5) is 15.6. The Morgan fingerprint density at radius 2 is 0.557 bits per heavy atom. The Labute approximate surface area is 354 Å². The van der Waals surface area contributed by atoms with Gasteiger partial charge in [-0.15, -0.1) is 0 Å². The molecule has 0 saturated carbocycles. The largest absolute Gasteiger partial charge is 0.309 e. The van der Waals surface area contributed by atoms with Gasteiger partial charge in [0.15, 0.2) is 17.5 Å². The molecule has 2 heterocycles. The van der Waals surface area contributed by atoms with Crippen LogP contribution < -0.4 is 0 Å². The van der Waals surface area contributed by atoms with Crippen LogP contribution in [-0.2, 0) is 0 Å². The van der Waals surface area contributed by atoms with Crippen molar-refractivity contribution in [2.45, 2.75) is 0 Å². The molecule has 0 amide bonds. The second-order valence-electron chi connectivity index (χ2n) is 15.3. The van der Waals surface area contributed by atoms with Gasteiger partial charge in [0, 0.05) is 33.2 Å². The minimum Gasteiger partial charge on any atom is -0.309 e. The van der Waals surface area contributed by atoms with E-state index in [0.717, 1.165) is 55.7 Å². The van der Waals surface area contributed by atoms with Gasteiger partial charge < -0.3 is 4.57 Å². The van der Waals surface area contributed by atoms with Crippen molar-refractivity contribution < 1.29 is 0 Å². The smallest absolute Gasteiger partial charge is 0.164 e. The molecular formula is C57H38N4. The fourth-order valence-electron chi connectivity index (χ4n) is 8.42. The first-order chi connectivity index (χ1) is 30.2. The van der Waals surface area contributed by atoms with Crippen LogP contribution in [0.25, 0.3) is 106 Å². The minimum atomic E-state index is 0.610. The normalized spacial score (nSPS) is 11.3. The first kappa shape index (κ1) is 35.9. The maximum Gasteiger partial charge on any atom is 0.164 e. The molecule has 0 aliphatic rings. The lowest BCUT2D eigenvalue weighted by Crippen LogP contribution is -2.01. The molecule has 4 heteroatoms. The minimum absolute atomic E-state index is 0.610. The van der Waals surface area contributed by atoms with E-state index in [1.54, 1.807) is 0 Å². The molecule has 9 aromatic carbocycles. The predicted octanol–water partition coefficient (Wildman–Crippen LogP) is 14.6. The van der Waals surface area contributed by atoms with E-state index in [2.05, 4.69) is 223 Å². The van der Waals surface area contributed by atoms with Gasteiger partial charge in [-0.25, -0.2) is 15.0 Å². The van der Waals surface area contributed by atoms with Gasteiger partial charge >= 0.3 is 0 Å². The number of rotatable bonds is 8. The molecule has 11 rings (SSSR count). The number of benzene rings is 9. The first-order valence-electron chi connectivity index (χ1n) is 20.6. The van der Waals surface area contributed by atoms with Gasteiger partial charge in [-0.05, 0) is 87.0 Å². The highest BCUT2D eigenvalue weighted by Crippen LogP contribution is 2.35. The summed E-state index contributed by atoms with van der Waals surface area (Å²) in [5.41, 5.74) is 15.3. The van der Waals surface area contributed by atoms with Gasteiger partial charge in [-0.2, -0.15) is 0 Å². The van der Waals surface area contributed by atoms with Crippen LogP contribution in [0, 0.1) is 0 Å². The fourth-order valence-corrected chi connectivity index (χ4v) is 8.42. The first-order valence-corrected chi connectivity index (χ1v) is 20.6. The van der Waals surface area contributed by atoms with Crippen LogP contribution in [0.3, 0.4) is 0 Å². The lowest BCUT2D eigenvalue weighted by atomic mass is 9.98. The van der Waals surface area contributed by atoms with Crippen LogP contribution in [0.2, 0.25) is 0 Å². The molecule has 11 aromatic rings. The molecule has 0 radical (unpaired) electrons. The van der Waals surface area contributed by atoms with Crippen molar-refractivity contribution in [1.29, 1.82) is 0 Å². The highest BCUT2D eigenvalue weighted by atomic mass is 15.0. The number of aromatic nitrogens is 4. The maximum absolute atomic E-state index is 5.22. The van der Waals surface area contributed by atoms with E-state index in [1.165, 1.54) is 33.0 Å². The second kappa shape index (κ2) is 15.5. The van der Waals surface area contributed by atoms with Crippen LogP contribution in [0.1, 0.15) is 0 Å². The van der Waals surface area contributed by atoms with E-state index in [4.69, 9.17) is 15.0 Å². The maximum atomic E-state index is 5.22. The fraction of sp³-hybridized carbons (Fsp3) is 0. The topological polar surface area (TPSA) is 43.6 Å². The Kier molecular flexibility index (Phi) is 9.14. The third-order valence-corrected chi connectivity index (χ3v) is 11.4. The number of hydrogen-bond acceptors (Lipinski definition) is 3. The van der Waals surface area contributed by atoms with Gasteiger partial charge in [0.1, 0.15) is 0 Å². The summed E-state index contributed by atoms with van der Waals surface area (Å²) in [5, 5.41) is 2.44. The van der Waals surface area contributed by atoms with E-state index in [-0.39, 0.29) is 0 Å². The molecule has 4 nitrogen and oxygen atoms in total. The zero-order valence-corrected chi connectivity index (χ0v) is 33.2. The third-order valence-electron chi connectivity index (χ3n) is 11.4. The van der Waals surface area contributed by atoms with Crippen molar-refractivity contribution in [2.75, 3.05) is 0 Å². The lowest BCUT2D eigenvalue weighted by Gasteiger charge is -2.12. The quantitative estimate of drug-likeness (QED) is 0.154. The van der Waals surface area contributed by atoms with Crippen LogP contribution >= 0.6 is 0 Å². The zero-order valence-electron chi connectivity index (χ0n) is 33.2. The average Bonchev–Trinajstić information content (AvgIpc) is 3.69. The summed E-state index contributed by atoms with van der Waals surface area (Å²) in [6, 6.07) is 81.1. The Morgan fingerprint density at radius 1 is 0.230 bits per heavy atom. The molecular weight excluding hydrogens is 741 g/mol. The standard InChI is InChI=1S/C57H38N4/c1-3-15-39(16-4-1)43-19-11-21-45(35-43)41-31-33-42(34-32-41)55-58-56(48-24-13-23-47(37-48)46-22-12-20-44(36-46)40-17-5-2-6-18-40)60-57(59-55)49-25-14-26-50(38-49)61-53-29-9-7-27-51(53)52-28-8-10-30-54(52)61/h1-38H. The Balaban J connectivity index is 1.02. The van der Waals surface area contributed by atoms with E-state index in [1.807, 2.05) is 12.1 Å². The highest BCUT2D eigenvalue weighted by Gasteiger charge is 2.17. The number of fused-ring (bicyclic) bond motifs is 3. The molecule has 0 aliphatic carbocycles. The van der Waals surface area contributed by atoms with Gasteiger partial charge in [0.25, 0.3) is 0 Å². The van der Waals surface area contributed by atoms with Crippen molar-refractivity contribution in [3.05, 3.63) is 231 Å². The second-order valence-corrected chi connectivity index (χ2v) is 15.3. The van der Waals surface area contributed by atoms with Crippen LogP contribution in [-0.4, -0.2) is 19.5 Å². The van der Waals surface area contributed by atoms with Crippen molar-refractivity contribution in [1.82, 2.24) is 19.5 Å². The lowest BCUT2D eigenvalue weighted by molar-refractivity contribution is 1.07. The SMILES string of the molecule is c1ccc(-c2cccc(-c3ccc(-c4nc(-c5cccc(-c6cccc(-c7ccccc7)c6)c5)nc(-c5cccc(-n6c7ccccc7c7ccccc76)c5)n4)cc3)c2)cc1. The molecule has 0 unspecified atom stereocenters. The van der Waals surface area contributed by atoms with Crippen molar-refractivity contribution in [3.63, 3.8) is 0 Å². The molecule has 0 N–H and O–H groups in total. The summed E-state index contributed by atoms with van der Waals surface area (Å²) in [7, 11) is 0. The molecule has 0 spiro atoms. The van der Waals surface area contributed by atoms with Crippen LogP contribution in [0.15, 0.2) is 231 Å². The van der Waals surface area contributed by atoms with Gasteiger partial charge in [0.05, 0.1) is 11.0 Å². The van der Waals surface area contributed by atoms with Crippen LogP contribution in [0.4, 0.5) is 0 Å². The highest BCUT2D eigenvalue weighted by molar-refractivity contribution is 6.09. The van der Waals surface area contributed by atoms with Gasteiger partial charge in [-0.3, -0.25) is 0 Å². The molecule has 0 saturated heterocycles. The number of nitrogens with zero attached hydrogens (tertiary/aromatic N) is 4.